The summed E-state index contributed by atoms with van der Waals surface area (Å²) < 4.78 is 13.8. The van der Waals surface area contributed by atoms with Crippen molar-refractivity contribution in [3.05, 3.63) is 87.7 Å². The molecule has 8 heteroatoms. The molecule has 1 saturated heterocycles. The quantitative estimate of drug-likeness (QED) is 0.274. The van der Waals surface area contributed by atoms with Crippen molar-refractivity contribution in [1.29, 1.82) is 0 Å². The molecular formula is C29H25ClN2O5. The average Bonchev–Trinajstić information content (AvgIpc) is 3.41. The molecule has 3 unspecified atom stereocenters. The zero-order valence-electron chi connectivity index (χ0n) is 20.3. The smallest absolute Gasteiger partial charge is 0.205 e. The number of fused-ring (bicyclic) bond motifs is 6. The molecule has 3 N–H and O–H groups in total. The van der Waals surface area contributed by atoms with Crippen LogP contribution in [0.3, 0.4) is 0 Å². The van der Waals surface area contributed by atoms with Gasteiger partial charge in [-0.15, -0.1) is 0 Å². The Balaban J connectivity index is 1.44. The van der Waals surface area contributed by atoms with Gasteiger partial charge in [-0.05, 0) is 54.4 Å². The van der Waals surface area contributed by atoms with Gasteiger partial charge >= 0.3 is 0 Å². The van der Waals surface area contributed by atoms with Crippen molar-refractivity contribution in [2.45, 2.75) is 44.0 Å². The first-order valence-corrected chi connectivity index (χ1v) is 12.4. The molecule has 2 aliphatic rings. The van der Waals surface area contributed by atoms with Crippen molar-refractivity contribution < 1.29 is 24.8 Å². The third-order valence-corrected chi connectivity index (χ3v) is 8.21. The van der Waals surface area contributed by atoms with E-state index in [9.17, 15) is 15.3 Å². The minimum absolute atomic E-state index is 0.147. The Kier molecular flexibility index (Phi) is 5.22. The highest BCUT2D eigenvalue weighted by Crippen LogP contribution is 2.65. The van der Waals surface area contributed by atoms with Crippen molar-refractivity contribution >= 4 is 28.1 Å². The first kappa shape index (κ1) is 23.7. The SMILES string of the molecule is [C-]#[N+]c1ccc(-n2c(O)c3c(c2O)C2(C)OC3(CCOc3ccc(Cl)c(C)c3)CC2O)c2ccccc12. The fraction of sp³-hybridized carbons (Fsp3) is 0.276. The molecule has 188 valence electrons. The summed E-state index contributed by atoms with van der Waals surface area (Å²) >= 11 is 6.12. The summed E-state index contributed by atoms with van der Waals surface area (Å²) in [4.78, 5) is 3.60. The third kappa shape index (κ3) is 3.27. The lowest BCUT2D eigenvalue weighted by Gasteiger charge is -2.26. The van der Waals surface area contributed by atoms with E-state index in [-0.39, 0.29) is 24.8 Å². The predicted molar refractivity (Wildman–Crippen MR) is 140 cm³/mol. The molecule has 0 radical (unpaired) electrons. The van der Waals surface area contributed by atoms with Crippen molar-refractivity contribution in [3.63, 3.8) is 0 Å². The fourth-order valence-corrected chi connectivity index (χ4v) is 6.07. The molecule has 1 fully saturated rings. The predicted octanol–water partition coefficient (Wildman–Crippen LogP) is 6.23. The van der Waals surface area contributed by atoms with Crippen LogP contribution in [-0.4, -0.2) is 32.6 Å². The van der Waals surface area contributed by atoms with Crippen LogP contribution in [0.2, 0.25) is 5.02 Å². The molecule has 2 aliphatic heterocycles. The standard InChI is InChI=1S/C29H25ClN2O5/c1-16-14-17(8-9-20(16)30)36-13-12-29-15-23(33)28(2,37-29)24-25(29)27(35)32(26(24)34)22-11-10-21(31-3)18-6-4-5-7-19(18)22/h4-11,14,23,33-35H,12-13,15H2,1-2H3. The number of aliphatic hydroxyl groups is 1. The van der Waals surface area contributed by atoms with Gasteiger partial charge in [-0.1, -0.05) is 41.9 Å². The van der Waals surface area contributed by atoms with Gasteiger partial charge in [0.05, 0.1) is 36.1 Å². The molecule has 6 rings (SSSR count). The Morgan fingerprint density at radius 1 is 1.11 bits per heavy atom. The number of ether oxygens (including phenoxy) is 2. The molecule has 37 heavy (non-hydrogen) atoms. The maximum Gasteiger partial charge on any atom is 0.205 e. The Hall–Kier alpha value is -3.70. The van der Waals surface area contributed by atoms with Crippen LogP contribution < -0.4 is 4.74 Å². The number of aliphatic hydroxyl groups excluding tert-OH is 1. The molecule has 0 aliphatic carbocycles. The van der Waals surface area contributed by atoms with E-state index >= 15 is 0 Å². The van der Waals surface area contributed by atoms with E-state index in [0.717, 1.165) is 10.9 Å². The van der Waals surface area contributed by atoms with Gasteiger partial charge in [-0.3, -0.25) is 4.57 Å². The summed E-state index contributed by atoms with van der Waals surface area (Å²) in [6.45, 7) is 11.4. The summed E-state index contributed by atoms with van der Waals surface area (Å²) in [5, 5.41) is 36.1. The maximum absolute atomic E-state index is 11.6. The lowest BCUT2D eigenvalue weighted by molar-refractivity contribution is -0.107. The largest absolute Gasteiger partial charge is 0.494 e. The van der Waals surface area contributed by atoms with Gasteiger partial charge in [-0.2, -0.15) is 0 Å². The Labute approximate surface area is 218 Å². The molecule has 3 aromatic carbocycles. The van der Waals surface area contributed by atoms with E-state index in [2.05, 4.69) is 4.85 Å². The lowest BCUT2D eigenvalue weighted by atomic mass is 9.76. The van der Waals surface area contributed by atoms with Gasteiger partial charge < -0.3 is 24.8 Å². The number of hydrogen-bond acceptors (Lipinski definition) is 5. The highest BCUT2D eigenvalue weighted by molar-refractivity contribution is 6.31. The van der Waals surface area contributed by atoms with E-state index in [1.54, 1.807) is 31.2 Å². The van der Waals surface area contributed by atoms with E-state index < -0.39 is 17.3 Å². The molecule has 2 bridgehead atoms. The minimum atomic E-state index is -1.19. The van der Waals surface area contributed by atoms with Gasteiger partial charge in [0.15, 0.2) is 5.69 Å². The van der Waals surface area contributed by atoms with Gasteiger partial charge in [0, 0.05) is 17.9 Å². The number of aromatic hydroxyl groups is 2. The number of rotatable bonds is 5. The van der Waals surface area contributed by atoms with Crippen LogP contribution in [0.1, 0.15) is 36.5 Å². The summed E-state index contributed by atoms with van der Waals surface area (Å²) in [5.74, 6) is 0.325. The summed E-state index contributed by atoms with van der Waals surface area (Å²) in [6.07, 6.45) is -0.267. The monoisotopic (exact) mass is 516 g/mol. The lowest BCUT2D eigenvalue weighted by Crippen LogP contribution is -2.33. The van der Waals surface area contributed by atoms with E-state index in [1.165, 1.54) is 4.57 Å². The van der Waals surface area contributed by atoms with Crippen molar-refractivity contribution in [1.82, 2.24) is 4.57 Å². The molecule has 3 heterocycles. The number of halogens is 1. The van der Waals surface area contributed by atoms with Crippen LogP contribution in [0.5, 0.6) is 17.5 Å². The first-order valence-electron chi connectivity index (χ1n) is 12.0. The van der Waals surface area contributed by atoms with Crippen molar-refractivity contribution in [2.24, 2.45) is 0 Å². The number of aromatic nitrogens is 1. The summed E-state index contributed by atoms with van der Waals surface area (Å²) in [5.41, 5.74) is 0.533. The molecule has 7 nitrogen and oxygen atoms in total. The zero-order chi connectivity index (χ0) is 26.1. The van der Waals surface area contributed by atoms with Crippen molar-refractivity contribution in [2.75, 3.05) is 6.61 Å². The minimum Gasteiger partial charge on any atom is -0.494 e. The van der Waals surface area contributed by atoms with Crippen LogP contribution >= 0.6 is 11.6 Å². The zero-order valence-corrected chi connectivity index (χ0v) is 21.1. The highest BCUT2D eigenvalue weighted by atomic mass is 35.5. The average molecular weight is 517 g/mol. The van der Waals surface area contributed by atoms with Gasteiger partial charge in [0.2, 0.25) is 11.8 Å². The molecular weight excluding hydrogens is 492 g/mol. The van der Waals surface area contributed by atoms with Crippen LogP contribution in [-0.2, 0) is 15.9 Å². The molecule has 3 atom stereocenters. The molecule has 0 saturated carbocycles. The summed E-state index contributed by atoms with van der Waals surface area (Å²) in [7, 11) is 0. The number of nitrogens with zero attached hydrogens (tertiary/aromatic N) is 2. The summed E-state index contributed by atoms with van der Waals surface area (Å²) in [6, 6.07) is 16.2. The molecule has 4 aromatic rings. The Bertz CT molecular complexity index is 1620. The second-order valence-corrected chi connectivity index (χ2v) is 10.3. The fourth-order valence-electron chi connectivity index (χ4n) is 5.95. The van der Waals surface area contributed by atoms with E-state index in [1.807, 2.05) is 37.3 Å². The highest BCUT2D eigenvalue weighted by Gasteiger charge is 2.66. The normalized spacial score (nSPS) is 23.8. The number of hydrogen-bond donors (Lipinski definition) is 3. The maximum atomic E-state index is 11.6. The topological polar surface area (TPSA) is 88.4 Å². The van der Waals surface area contributed by atoms with Gasteiger partial charge in [0.25, 0.3) is 0 Å². The third-order valence-electron chi connectivity index (χ3n) is 7.78. The molecule has 0 spiro atoms. The number of benzene rings is 3. The van der Waals surface area contributed by atoms with Crippen molar-refractivity contribution in [3.8, 4) is 23.2 Å². The van der Waals surface area contributed by atoms with Gasteiger partial charge in [-0.25, -0.2) is 4.85 Å². The van der Waals surface area contributed by atoms with Crippen LogP contribution in [0.15, 0.2) is 54.6 Å². The second kappa shape index (κ2) is 8.15. The van der Waals surface area contributed by atoms with Crippen LogP contribution in [0, 0.1) is 13.5 Å². The van der Waals surface area contributed by atoms with Crippen LogP contribution in [0.25, 0.3) is 21.3 Å². The first-order chi connectivity index (χ1) is 17.7. The number of aryl methyl sites for hydroxylation is 1. The van der Waals surface area contributed by atoms with E-state index in [4.69, 9.17) is 27.6 Å². The van der Waals surface area contributed by atoms with E-state index in [0.29, 0.717) is 45.1 Å². The second-order valence-electron chi connectivity index (χ2n) is 9.93. The Morgan fingerprint density at radius 3 is 2.57 bits per heavy atom. The molecule has 1 aromatic heterocycles. The van der Waals surface area contributed by atoms with Gasteiger partial charge in [0.1, 0.15) is 17.0 Å². The Morgan fingerprint density at radius 2 is 1.84 bits per heavy atom. The molecule has 0 amide bonds. The van der Waals surface area contributed by atoms with Crippen LogP contribution in [0.4, 0.5) is 5.69 Å².